The van der Waals surface area contributed by atoms with E-state index < -0.39 is 11.4 Å². The third-order valence-corrected chi connectivity index (χ3v) is 5.20. The predicted octanol–water partition coefficient (Wildman–Crippen LogP) is 6.30. The molecule has 31 heavy (non-hydrogen) atoms. The third kappa shape index (κ3) is 4.15. The van der Waals surface area contributed by atoms with Crippen LogP contribution < -0.4 is 14.9 Å². The fourth-order valence-electron chi connectivity index (χ4n) is 3.07. The number of fused-ring (bicyclic) bond motifs is 1. The zero-order chi connectivity index (χ0) is 22.1. The van der Waals surface area contributed by atoms with E-state index in [1.165, 1.54) is 19.2 Å². The molecule has 7 heteroatoms. The molecule has 1 heterocycles. The Morgan fingerprint density at radius 1 is 0.968 bits per heavy atom. The maximum atomic E-state index is 13.3. The molecule has 3 aromatic carbocycles. The van der Waals surface area contributed by atoms with Crippen molar-refractivity contribution in [3.8, 4) is 22.8 Å². The number of rotatable bonds is 4. The molecule has 0 atom stereocenters. The van der Waals surface area contributed by atoms with Gasteiger partial charge in [-0.05, 0) is 43.3 Å². The monoisotopic (exact) mass is 454 g/mol. The maximum absolute atomic E-state index is 13.3. The molecular formula is C24H16Cl2O5. The molecule has 0 fully saturated rings. The minimum atomic E-state index is -0.712. The molecule has 0 aliphatic rings. The highest BCUT2D eigenvalue weighted by atomic mass is 35.5. The van der Waals surface area contributed by atoms with Crippen molar-refractivity contribution in [2.24, 2.45) is 0 Å². The van der Waals surface area contributed by atoms with Gasteiger partial charge in [-0.3, -0.25) is 4.79 Å². The van der Waals surface area contributed by atoms with Gasteiger partial charge < -0.3 is 13.9 Å². The quantitative estimate of drug-likeness (QED) is 0.338. The van der Waals surface area contributed by atoms with Crippen LogP contribution in [-0.2, 0) is 0 Å². The zero-order valence-corrected chi connectivity index (χ0v) is 18.1. The molecule has 5 nitrogen and oxygen atoms in total. The van der Waals surface area contributed by atoms with E-state index in [0.717, 1.165) is 5.56 Å². The van der Waals surface area contributed by atoms with Crippen LogP contribution in [0.15, 0.2) is 69.9 Å². The first kappa shape index (κ1) is 21.0. The molecule has 156 valence electrons. The van der Waals surface area contributed by atoms with Crippen LogP contribution in [-0.4, -0.2) is 13.1 Å². The summed E-state index contributed by atoms with van der Waals surface area (Å²) in [5, 5.41) is 0.562. The summed E-state index contributed by atoms with van der Waals surface area (Å²) in [7, 11) is 1.53. The largest absolute Gasteiger partial charge is 0.497 e. The lowest BCUT2D eigenvalue weighted by Gasteiger charge is -2.12. The Labute approximate surface area is 187 Å². The van der Waals surface area contributed by atoms with Crippen LogP contribution in [0.2, 0.25) is 10.0 Å². The highest BCUT2D eigenvalue weighted by molar-refractivity contribution is 6.38. The summed E-state index contributed by atoms with van der Waals surface area (Å²) in [4.78, 5) is 26.1. The summed E-state index contributed by atoms with van der Waals surface area (Å²) < 4.78 is 16.6. The van der Waals surface area contributed by atoms with Gasteiger partial charge in [0.2, 0.25) is 11.2 Å². The summed E-state index contributed by atoms with van der Waals surface area (Å²) in [6.07, 6.45) is 0. The summed E-state index contributed by atoms with van der Waals surface area (Å²) in [5.41, 5.74) is 1.44. The van der Waals surface area contributed by atoms with Crippen molar-refractivity contribution in [2.45, 2.75) is 6.92 Å². The Morgan fingerprint density at radius 2 is 1.65 bits per heavy atom. The lowest BCUT2D eigenvalue weighted by atomic mass is 10.1. The maximum Gasteiger partial charge on any atom is 0.343 e. The average Bonchev–Trinajstić information content (AvgIpc) is 2.76. The average molecular weight is 455 g/mol. The Morgan fingerprint density at radius 3 is 2.29 bits per heavy atom. The van der Waals surface area contributed by atoms with Gasteiger partial charge in [0.05, 0.1) is 23.1 Å². The van der Waals surface area contributed by atoms with Gasteiger partial charge in [-0.25, -0.2) is 4.79 Å². The number of ether oxygens (including phenoxy) is 2. The first-order valence-corrected chi connectivity index (χ1v) is 10.0. The lowest BCUT2D eigenvalue weighted by molar-refractivity contribution is 0.0731. The molecule has 0 aliphatic heterocycles. The van der Waals surface area contributed by atoms with Gasteiger partial charge in [0, 0.05) is 10.6 Å². The van der Waals surface area contributed by atoms with Gasteiger partial charge in [-0.2, -0.15) is 0 Å². The van der Waals surface area contributed by atoms with Gasteiger partial charge in [-0.15, -0.1) is 0 Å². The third-order valence-electron chi connectivity index (χ3n) is 4.70. The zero-order valence-electron chi connectivity index (χ0n) is 16.6. The van der Waals surface area contributed by atoms with Crippen LogP contribution >= 0.6 is 23.2 Å². The Hall–Kier alpha value is -3.28. The van der Waals surface area contributed by atoms with Crippen molar-refractivity contribution in [1.82, 2.24) is 0 Å². The van der Waals surface area contributed by atoms with Crippen molar-refractivity contribution >= 4 is 40.1 Å². The normalized spacial score (nSPS) is 10.8. The molecule has 0 saturated heterocycles. The lowest BCUT2D eigenvalue weighted by Crippen LogP contribution is -2.16. The van der Waals surface area contributed by atoms with E-state index in [1.54, 1.807) is 36.4 Å². The number of aryl methyl sites for hydroxylation is 1. The Kier molecular flexibility index (Phi) is 5.72. The van der Waals surface area contributed by atoms with Crippen LogP contribution in [0.1, 0.15) is 15.9 Å². The van der Waals surface area contributed by atoms with Gasteiger partial charge >= 0.3 is 5.97 Å². The van der Waals surface area contributed by atoms with Gasteiger partial charge in [0.25, 0.3) is 0 Å². The number of hydrogen-bond donors (Lipinski definition) is 0. The number of carbonyl (C=O) groups excluding carboxylic acids is 1. The smallest absolute Gasteiger partial charge is 0.343 e. The molecule has 0 spiro atoms. The fourth-order valence-corrected chi connectivity index (χ4v) is 3.60. The van der Waals surface area contributed by atoms with Gasteiger partial charge in [-0.1, -0.05) is 53.0 Å². The highest BCUT2D eigenvalue weighted by Crippen LogP contribution is 2.35. The highest BCUT2D eigenvalue weighted by Gasteiger charge is 2.23. The van der Waals surface area contributed by atoms with Crippen molar-refractivity contribution in [1.29, 1.82) is 0 Å². The second-order valence-electron chi connectivity index (χ2n) is 6.84. The molecule has 0 N–H and O–H groups in total. The summed E-state index contributed by atoms with van der Waals surface area (Å²) in [6, 6.07) is 16.5. The number of hydrogen-bond acceptors (Lipinski definition) is 5. The molecule has 4 rings (SSSR count). The number of benzene rings is 3. The topological polar surface area (TPSA) is 65.7 Å². The molecule has 1 aromatic heterocycles. The first-order valence-electron chi connectivity index (χ1n) is 9.26. The first-order chi connectivity index (χ1) is 14.9. The van der Waals surface area contributed by atoms with Crippen molar-refractivity contribution in [2.75, 3.05) is 7.11 Å². The van der Waals surface area contributed by atoms with E-state index >= 15 is 0 Å². The Bertz CT molecular complexity index is 1340. The summed E-state index contributed by atoms with van der Waals surface area (Å²) in [5.74, 6) is -0.263. The van der Waals surface area contributed by atoms with E-state index in [0.29, 0.717) is 11.3 Å². The second-order valence-corrected chi connectivity index (χ2v) is 7.68. The van der Waals surface area contributed by atoms with Crippen LogP contribution in [0.4, 0.5) is 0 Å². The van der Waals surface area contributed by atoms with Crippen molar-refractivity contribution in [3.63, 3.8) is 0 Å². The minimum Gasteiger partial charge on any atom is -0.497 e. The number of carbonyl (C=O) groups is 1. The summed E-state index contributed by atoms with van der Waals surface area (Å²) in [6.45, 7) is 1.93. The number of methoxy groups -OCH3 is 1. The van der Waals surface area contributed by atoms with E-state index in [1.807, 2.05) is 19.1 Å². The van der Waals surface area contributed by atoms with Crippen LogP contribution in [0.25, 0.3) is 22.3 Å². The van der Waals surface area contributed by atoms with E-state index in [2.05, 4.69) is 0 Å². The number of halogens is 2. The summed E-state index contributed by atoms with van der Waals surface area (Å²) >= 11 is 12.3. The van der Waals surface area contributed by atoms with E-state index in [4.69, 9.17) is 37.1 Å². The van der Waals surface area contributed by atoms with Gasteiger partial charge in [0.15, 0.2) is 11.3 Å². The Balaban J connectivity index is 1.89. The van der Waals surface area contributed by atoms with E-state index in [-0.39, 0.29) is 38.1 Å². The fraction of sp³-hybridized carbons (Fsp3) is 0.0833. The molecule has 0 aliphatic carbocycles. The van der Waals surface area contributed by atoms with Crippen molar-refractivity contribution in [3.05, 3.63) is 92.1 Å². The van der Waals surface area contributed by atoms with Gasteiger partial charge in [0.1, 0.15) is 5.75 Å². The molecule has 0 bridgehead atoms. The van der Waals surface area contributed by atoms with E-state index in [9.17, 15) is 9.59 Å². The van der Waals surface area contributed by atoms with Crippen LogP contribution in [0, 0.1) is 6.92 Å². The molecule has 0 saturated carbocycles. The van der Waals surface area contributed by atoms with Crippen LogP contribution in [0.5, 0.6) is 11.5 Å². The van der Waals surface area contributed by atoms with Crippen LogP contribution in [0.3, 0.4) is 0 Å². The molecule has 0 unspecified atom stereocenters. The predicted molar refractivity (Wildman–Crippen MR) is 121 cm³/mol. The standard InChI is InChI=1S/C24H16Cl2O5/c1-13-3-5-14(6-4-13)21-23(31-24(28)15-7-9-17(29-2)10-8-15)20(27)18-11-16(25)12-19(26)22(18)30-21/h3-12H,1-2H3. The molecule has 0 radical (unpaired) electrons. The number of esters is 1. The minimum absolute atomic E-state index is 0.101. The SMILES string of the molecule is COc1ccc(C(=O)Oc2c(-c3ccc(C)cc3)oc3c(Cl)cc(Cl)cc3c2=O)cc1. The molecule has 0 amide bonds. The molecule has 4 aromatic rings. The second kappa shape index (κ2) is 8.46. The van der Waals surface area contributed by atoms with Crippen molar-refractivity contribution < 1.29 is 18.7 Å². The molecular weight excluding hydrogens is 439 g/mol.